The van der Waals surface area contributed by atoms with E-state index in [2.05, 4.69) is 15.9 Å². The van der Waals surface area contributed by atoms with Crippen molar-refractivity contribution in [2.45, 2.75) is 0 Å². The fourth-order valence-electron chi connectivity index (χ4n) is 1.25. The fraction of sp³-hybridized carbons (Fsp3) is 0.500. The summed E-state index contributed by atoms with van der Waals surface area (Å²) in [7, 11) is 1.56. The molecular formula is C10H14BrNO4. The Morgan fingerprint density at radius 2 is 2.38 bits per heavy atom. The van der Waals surface area contributed by atoms with Crippen LogP contribution in [0.1, 0.15) is 10.4 Å². The summed E-state index contributed by atoms with van der Waals surface area (Å²) in [6.45, 7) is 1.07. The van der Waals surface area contributed by atoms with Crippen LogP contribution in [0.25, 0.3) is 0 Å². The third kappa shape index (κ3) is 3.33. The van der Waals surface area contributed by atoms with E-state index in [1.807, 2.05) is 0 Å². The SMILES string of the molecule is COCCN(CCO)C(=O)c1ccoc1Br. The number of nitrogens with zero attached hydrogens (tertiary/aromatic N) is 1. The Balaban J connectivity index is 2.70. The number of rotatable bonds is 6. The molecule has 0 aliphatic heterocycles. The summed E-state index contributed by atoms with van der Waals surface area (Å²) >= 11 is 3.15. The molecule has 1 amide bonds. The van der Waals surface area contributed by atoms with Gasteiger partial charge in [-0.15, -0.1) is 0 Å². The van der Waals surface area contributed by atoms with Crippen LogP contribution in [0.4, 0.5) is 0 Å². The zero-order valence-electron chi connectivity index (χ0n) is 8.98. The molecule has 0 spiro atoms. The summed E-state index contributed by atoms with van der Waals surface area (Å²) in [4.78, 5) is 13.5. The van der Waals surface area contributed by atoms with Gasteiger partial charge in [0.1, 0.15) is 0 Å². The maximum Gasteiger partial charge on any atom is 0.258 e. The largest absolute Gasteiger partial charge is 0.457 e. The highest BCUT2D eigenvalue weighted by Gasteiger charge is 2.19. The van der Waals surface area contributed by atoms with Crippen LogP contribution < -0.4 is 0 Å². The average Bonchev–Trinajstić information content (AvgIpc) is 2.69. The lowest BCUT2D eigenvalue weighted by Crippen LogP contribution is -2.36. The molecule has 6 heteroatoms. The van der Waals surface area contributed by atoms with Crippen molar-refractivity contribution in [1.29, 1.82) is 0 Å². The van der Waals surface area contributed by atoms with Gasteiger partial charge in [0.05, 0.1) is 25.0 Å². The van der Waals surface area contributed by atoms with Gasteiger partial charge >= 0.3 is 0 Å². The quantitative estimate of drug-likeness (QED) is 0.853. The van der Waals surface area contributed by atoms with E-state index in [4.69, 9.17) is 14.3 Å². The summed E-state index contributed by atoms with van der Waals surface area (Å²) < 4.78 is 10.3. The zero-order valence-corrected chi connectivity index (χ0v) is 10.6. The van der Waals surface area contributed by atoms with Crippen molar-refractivity contribution in [3.05, 3.63) is 22.6 Å². The van der Waals surface area contributed by atoms with E-state index >= 15 is 0 Å². The number of ether oxygens (including phenoxy) is 1. The van der Waals surface area contributed by atoms with Gasteiger partial charge in [0.2, 0.25) is 0 Å². The molecule has 1 rings (SSSR count). The van der Waals surface area contributed by atoms with Gasteiger partial charge < -0.3 is 19.2 Å². The Bertz CT molecular complexity index is 339. The molecule has 0 aliphatic carbocycles. The van der Waals surface area contributed by atoms with Crippen LogP contribution in [-0.4, -0.2) is 49.3 Å². The van der Waals surface area contributed by atoms with Crippen LogP contribution in [0.15, 0.2) is 21.4 Å². The Kier molecular flexibility index (Phi) is 5.51. The fourth-order valence-corrected chi connectivity index (χ4v) is 1.66. The number of amides is 1. The predicted octanol–water partition coefficient (Wildman–Crippen LogP) is 1.12. The zero-order chi connectivity index (χ0) is 12.0. The number of halogens is 1. The first-order valence-electron chi connectivity index (χ1n) is 4.82. The predicted molar refractivity (Wildman–Crippen MR) is 61.3 cm³/mol. The van der Waals surface area contributed by atoms with Gasteiger partial charge in [0.25, 0.3) is 5.91 Å². The second-order valence-electron chi connectivity index (χ2n) is 3.12. The highest BCUT2D eigenvalue weighted by Crippen LogP contribution is 2.19. The molecule has 0 aromatic carbocycles. The number of carbonyl (C=O) groups is 1. The van der Waals surface area contributed by atoms with Crippen molar-refractivity contribution in [2.24, 2.45) is 0 Å². The topological polar surface area (TPSA) is 62.9 Å². The van der Waals surface area contributed by atoms with E-state index in [1.165, 1.54) is 11.2 Å². The summed E-state index contributed by atoms with van der Waals surface area (Å²) in [5.41, 5.74) is 0.449. The molecule has 0 unspecified atom stereocenters. The van der Waals surface area contributed by atoms with E-state index in [0.29, 0.717) is 23.4 Å². The monoisotopic (exact) mass is 291 g/mol. The van der Waals surface area contributed by atoms with Crippen LogP contribution in [0, 0.1) is 0 Å². The van der Waals surface area contributed by atoms with Crippen LogP contribution in [0.5, 0.6) is 0 Å². The molecule has 0 saturated heterocycles. The second-order valence-corrected chi connectivity index (χ2v) is 3.84. The number of hydrogen-bond acceptors (Lipinski definition) is 4. The molecule has 0 fully saturated rings. The van der Waals surface area contributed by atoms with Gasteiger partial charge in [-0.2, -0.15) is 0 Å². The Labute approximate surface area is 102 Å². The van der Waals surface area contributed by atoms with Crippen molar-refractivity contribution in [1.82, 2.24) is 4.90 Å². The average molecular weight is 292 g/mol. The van der Waals surface area contributed by atoms with Crippen LogP contribution in [0.3, 0.4) is 0 Å². The summed E-state index contributed by atoms with van der Waals surface area (Å²) in [5.74, 6) is -0.188. The normalized spacial score (nSPS) is 10.4. The molecule has 1 N–H and O–H groups in total. The first-order valence-corrected chi connectivity index (χ1v) is 5.62. The van der Waals surface area contributed by atoms with E-state index in [-0.39, 0.29) is 19.1 Å². The molecule has 1 heterocycles. The molecule has 1 aromatic rings. The molecule has 5 nitrogen and oxygen atoms in total. The number of furan rings is 1. The lowest BCUT2D eigenvalue weighted by Gasteiger charge is -2.20. The number of aliphatic hydroxyl groups excluding tert-OH is 1. The maximum absolute atomic E-state index is 12.0. The Hall–Kier alpha value is -0.850. The van der Waals surface area contributed by atoms with Gasteiger partial charge in [-0.1, -0.05) is 0 Å². The van der Waals surface area contributed by atoms with Crippen molar-refractivity contribution in [3.8, 4) is 0 Å². The number of hydrogen-bond donors (Lipinski definition) is 1. The minimum Gasteiger partial charge on any atom is -0.457 e. The number of aliphatic hydroxyl groups is 1. The lowest BCUT2D eigenvalue weighted by molar-refractivity contribution is 0.0654. The minimum absolute atomic E-state index is 0.0784. The van der Waals surface area contributed by atoms with E-state index in [9.17, 15) is 4.79 Å². The van der Waals surface area contributed by atoms with Gasteiger partial charge in [-0.3, -0.25) is 4.79 Å². The minimum atomic E-state index is -0.188. The maximum atomic E-state index is 12.0. The standard InChI is InChI=1S/C10H14BrNO4/c1-15-7-4-12(3-5-13)10(14)8-2-6-16-9(8)11/h2,6,13H,3-5,7H2,1H3. The van der Waals surface area contributed by atoms with Crippen molar-refractivity contribution < 1.29 is 19.1 Å². The lowest BCUT2D eigenvalue weighted by atomic mass is 10.3. The summed E-state index contributed by atoms with van der Waals surface area (Å²) in [6, 6.07) is 1.59. The first kappa shape index (κ1) is 13.2. The highest BCUT2D eigenvalue weighted by atomic mass is 79.9. The summed E-state index contributed by atoms with van der Waals surface area (Å²) in [5, 5.41) is 8.88. The Morgan fingerprint density at radius 3 is 2.88 bits per heavy atom. The van der Waals surface area contributed by atoms with E-state index < -0.39 is 0 Å². The molecule has 0 radical (unpaired) electrons. The van der Waals surface area contributed by atoms with Gasteiger partial charge in [0.15, 0.2) is 4.67 Å². The molecule has 90 valence electrons. The van der Waals surface area contributed by atoms with Gasteiger partial charge in [0, 0.05) is 20.2 Å². The van der Waals surface area contributed by atoms with Crippen LogP contribution in [-0.2, 0) is 4.74 Å². The van der Waals surface area contributed by atoms with E-state index in [0.717, 1.165) is 0 Å². The first-order chi connectivity index (χ1) is 7.70. The number of methoxy groups -OCH3 is 1. The van der Waals surface area contributed by atoms with Crippen LogP contribution >= 0.6 is 15.9 Å². The number of carbonyl (C=O) groups excluding carboxylic acids is 1. The smallest absolute Gasteiger partial charge is 0.258 e. The van der Waals surface area contributed by atoms with Crippen molar-refractivity contribution in [3.63, 3.8) is 0 Å². The van der Waals surface area contributed by atoms with Gasteiger partial charge in [-0.05, 0) is 22.0 Å². The molecule has 0 atom stereocenters. The molecule has 0 aliphatic rings. The highest BCUT2D eigenvalue weighted by molar-refractivity contribution is 9.10. The second kappa shape index (κ2) is 6.67. The molecule has 0 saturated carbocycles. The summed E-state index contributed by atoms with van der Waals surface area (Å²) in [6.07, 6.45) is 1.44. The molecule has 16 heavy (non-hydrogen) atoms. The Morgan fingerprint density at radius 1 is 1.62 bits per heavy atom. The van der Waals surface area contributed by atoms with Crippen molar-refractivity contribution >= 4 is 21.8 Å². The van der Waals surface area contributed by atoms with Crippen molar-refractivity contribution in [2.75, 3.05) is 33.4 Å². The van der Waals surface area contributed by atoms with Gasteiger partial charge in [-0.25, -0.2) is 0 Å². The van der Waals surface area contributed by atoms with E-state index in [1.54, 1.807) is 13.2 Å². The van der Waals surface area contributed by atoms with Crippen LogP contribution in [0.2, 0.25) is 0 Å². The molecule has 1 aromatic heterocycles. The molecule has 0 bridgehead atoms. The third-order valence-electron chi connectivity index (χ3n) is 2.07. The third-order valence-corrected chi connectivity index (χ3v) is 2.68. The molecular weight excluding hydrogens is 278 g/mol.